The standard InChI is InChI=1S/C24H42O4/c1-3-5-7-8-9-10-11-12-13-14-15-16-18-21(17-6-4-2)23(24(27)28)22(26)19-20-25/h5,7,9-10,12-13,21-23,25-26H,3-4,6,8,11,14-20H2,1-2H3,(H,27,28)/b7-5-,10-9-,13-12-/t21-,22-,23?/m1/s1. The zero-order valence-corrected chi connectivity index (χ0v) is 17.9. The molecule has 0 heterocycles. The summed E-state index contributed by atoms with van der Waals surface area (Å²) in [6.45, 7) is 4.05. The van der Waals surface area contributed by atoms with Gasteiger partial charge in [-0.25, -0.2) is 0 Å². The van der Waals surface area contributed by atoms with Gasteiger partial charge in [0.15, 0.2) is 0 Å². The highest BCUT2D eigenvalue weighted by molar-refractivity contribution is 5.71. The summed E-state index contributed by atoms with van der Waals surface area (Å²) in [6, 6.07) is 0. The van der Waals surface area contributed by atoms with Crippen LogP contribution in [0.1, 0.15) is 84.5 Å². The van der Waals surface area contributed by atoms with Crippen molar-refractivity contribution in [2.45, 2.75) is 90.6 Å². The molecule has 0 bridgehead atoms. The molecule has 0 aliphatic heterocycles. The van der Waals surface area contributed by atoms with Crippen LogP contribution in [0.15, 0.2) is 36.5 Å². The Kier molecular flexibility index (Phi) is 18.0. The Balaban J connectivity index is 4.28. The van der Waals surface area contributed by atoms with Crippen molar-refractivity contribution in [1.29, 1.82) is 0 Å². The number of unbranched alkanes of at least 4 members (excludes halogenated alkanes) is 3. The van der Waals surface area contributed by atoms with E-state index in [4.69, 9.17) is 5.11 Å². The minimum absolute atomic E-state index is 0.0258. The van der Waals surface area contributed by atoms with Crippen molar-refractivity contribution in [3.8, 4) is 0 Å². The maximum atomic E-state index is 11.7. The highest BCUT2D eigenvalue weighted by atomic mass is 16.4. The second-order valence-corrected chi connectivity index (χ2v) is 7.42. The van der Waals surface area contributed by atoms with Gasteiger partial charge in [0.25, 0.3) is 0 Å². The molecule has 0 aromatic rings. The van der Waals surface area contributed by atoms with Crippen molar-refractivity contribution in [3.63, 3.8) is 0 Å². The number of carbonyl (C=O) groups is 1. The first-order valence-electron chi connectivity index (χ1n) is 11.0. The molecule has 0 aromatic carbocycles. The second kappa shape index (κ2) is 18.9. The van der Waals surface area contributed by atoms with Crippen LogP contribution in [0.25, 0.3) is 0 Å². The van der Waals surface area contributed by atoms with Crippen LogP contribution in [-0.2, 0) is 4.79 Å². The number of allylic oxidation sites excluding steroid dienone is 6. The zero-order chi connectivity index (χ0) is 21.0. The van der Waals surface area contributed by atoms with Crippen LogP contribution in [0.2, 0.25) is 0 Å². The highest BCUT2D eigenvalue weighted by Gasteiger charge is 2.33. The fourth-order valence-corrected chi connectivity index (χ4v) is 3.46. The lowest BCUT2D eigenvalue weighted by atomic mass is 9.80. The SMILES string of the molecule is CC/C=C\C/C=C\C/C=C\CCCC[C@@H](CCCC)C(C(=O)O)[C@H](O)CCO. The Bertz CT molecular complexity index is 454. The van der Waals surface area contributed by atoms with Crippen LogP contribution >= 0.6 is 0 Å². The third-order valence-corrected chi connectivity index (χ3v) is 5.04. The lowest BCUT2D eigenvalue weighted by Crippen LogP contribution is -2.35. The van der Waals surface area contributed by atoms with E-state index < -0.39 is 18.0 Å². The third-order valence-electron chi connectivity index (χ3n) is 5.04. The van der Waals surface area contributed by atoms with Crippen LogP contribution < -0.4 is 0 Å². The van der Waals surface area contributed by atoms with Crippen molar-refractivity contribution in [2.24, 2.45) is 11.8 Å². The lowest BCUT2D eigenvalue weighted by molar-refractivity contribution is -0.149. The molecule has 0 radical (unpaired) electrons. The molecule has 0 saturated heterocycles. The van der Waals surface area contributed by atoms with Gasteiger partial charge in [0.05, 0.1) is 12.0 Å². The summed E-state index contributed by atoms with van der Waals surface area (Å²) in [5, 5.41) is 28.8. The second-order valence-electron chi connectivity index (χ2n) is 7.42. The Morgan fingerprint density at radius 2 is 1.46 bits per heavy atom. The first-order chi connectivity index (χ1) is 13.6. The number of aliphatic carboxylic acids is 1. The van der Waals surface area contributed by atoms with E-state index >= 15 is 0 Å². The maximum absolute atomic E-state index is 11.7. The van der Waals surface area contributed by atoms with Gasteiger partial charge in [-0.3, -0.25) is 4.79 Å². The molecular formula is C24H42O4. The summed E-state index contributed by atoms with van der Waals surface area (Å²) in [4.78, 5) is 11.7. The Morgan fingerprint density at radius 1 is 0.857 bits per heavy atom. The molecule has 0 amide bonds. The van der Waals surface area contributed by atoms with E-state index in [9.17, 15) is 15.0 Å². The van der Waals surface area contributed by atoms with Gasteiger partial charge in [-0.2, -0.15) is 0 Å². The van der Waals surface area contributed by atoms with Crippen molar-refractivity contribution < 1.29 is 20.1 Å². The number of rotatable bonds is 18. The fourth-order valence-electron chi connectivity index (χ4n) is 3.46. The summed E-state index contributed by atoms with van der Waals surface area (Å²) in [5.41, 5.74) is 0. The Hall–Kier alpha value is -1.39. The van der Waals surface area contributed by atoms with Crippen molar-refractivity contribution in [2.75, 3.05) is 6.61 Å². The summed E-state index contributed by atoms with van der Waals surface area (Å²) in [7, 11) is 0. The van der Waals surface area contributed by atoms with Gasteiger partial charge in [0.1, 0.15) is 0 Å². The third kappa shape index (κ3) is 13.7. The summed E-state index contributed by atoms with van der Waals surface area (Å²) in [6.07, 6.45) is 21.9. The molecular weight excluding hydrogens is 352 g/mol. The molecule has 4 nitrogen and oxygen atoms in total. The van der Waals surface area contributed by atoms with E-state index in [0.717, 1.165) is 64.2 Å². The number of hydrogen-bond donors (Lipinski definition) is 3. The first kappa shape index (κ1) is 26.6. The van der Waals surface area contributed by atoms with E-state index in [0.29, 0.717) is 0 Å². The molecule has 28 heavy (non-hydrogen) atoms. The molecule has 162 valence electrons. The average molecular weight is 395 g/mol. The number of carboxylic acid groups (broad SMARTS) is 1. The fraction of sp³-hybridized carbons (Fsp3) is 0.708. The topological polar surface area (TPSA) is 77.8 Å². The molecule has 3 N–H and O–H groups in total. The molecule has 0 saturated carbocycles. The smallest absolute Gasteiger partial charge is 0.309 e. The van der Waals surface area contributed by atoms with Crippen LogP contribution in [0.3, 0.4) is 0 Å². The van der Waals surface area contributed by atoms with Crippen molar-refractivity contribution in [1.82, 2.24) is 0 Å². The quantitative estimate of drug-likeness (QED) is 0.207. The van der Waals surface area contributed by atoms with Crippen molar-refractivity contribution >= 4 is 5.97 Å². The minimum Gasteiger partial charge on any atom is -0.481 e. The maximum Gasteiger partial charge on any atom is 0.309 e. The van der Waals surface area contributed by atoms with E-state index in [-0.39, 0.29) is 18.9 Å². The predicted octanol–water partition coefficient (Wildman–Crippen LogP) is 5.66. The van der Waals surface area contributed by atoms with E-state index in [2.05, 4.69) is 50.3 Å². The van der Waals surface area contributed by atoms with Crippen LogP contribution in [-0.4, -0.2) is 34.0 Å². The monoisotopic (exact) mass is 394 g/mol. The lowest BCUT2D eigenvalue weighted by Gasteiger charge is -2.27. The van der Waals surface area contributed by atoms with Crippen LogP contribution in [0, 0.1) is 11.8 Å². The van der Waals surface area contributed by atoms with E-state index in [1.807, 2.05) is 0 Å². The number of aliphatic hydroxyl groups excluding tert-OH is 2. The van der Waals surface area contributed by atoms with Crippen LogP contribution in [0.5, 0.6) is 0 Å². The van der Waals surface area contributed by atoms with Gasteiger partial charge in [-0.15, -0.1) is 0 Å². The summed E-state index contributed by atoms with van der Waals surface area (Å²) in [5.74, 6) is -1.74. The molecule has 0 spiro atoms. The van der Waals surface area contributed by atoms with E-state index in [1.165, 1.54) is 0 Å². The number of hydrogen-bond acceptors (Lipinski definition) is 3. The molecule has 0 rings (SSSR count). The normalized spacial score (nSPS) is 15.6. The summed E-state index contributed by atoms with van der Waals surface area (Å²) >= 11 is 0. The van der Waals surface area contributed by atoms with E-state index in [1.54, 1.807) is 0 Å². The minimum atomic E-state index is -0.969. The van der Waals surface area contributed by atoms with Gasteiger partial charge in [-0.1, -0.05) is 69.6 Å². The molecule has 0 aliphatic rings. The number of aliphatic hydroxyl groups is 2. The first-order valence-corrected chi connectivity index (χ1v) is 11.0. The molecule has 0 aromatic heterocycles. The Labute approximate surface area is 172 Å². The Morgan fingerprint density at radius 3 is 2.04 bits per heavy atom. The molecule has 0 aliphatic carbocycles. The molecule has 4 heteroatoms. The van der Waals surface area contributed by atoms with Crippen molar-refractivity contribution in [3.05, 3.63) is 36.5 Å². The predicted molar refractivity (Wildman–Crippen MR) is 117 cm³/mol. The van der Waals surface area contributed by atoms with Gasteiger partial charge in [0, 0.05) is 6.61 Å². The molecule has 0 fully saturated rings. The van der Waals surface area contributed by atoms with Crippen LogP contribution in [0.4, 0.5) is 0 Å². The van der Waals surface area contributed by atoms with Gasteiger partial charge >= 0.3 is 5.97 Å². The van der Waals surface area contributed by atoms with Gasteiger partial charge in [0.2, 0.25) is 0 Å². The van der Waals surface area contributed by atoms with Gasteiger partial charge < -0.3 is 15.3 Å². The number of carboxylic acids is 1. The summed E-state index contributed by atoms with van der Waals surface area (Å²) < 4.78 is 0. The largest absolute Gasteiger partial charge is 0.481 e. The zero-order valence-electron chi connectivity index (χ0n) is 17.9. The average Bonchev–Trinajstić information content (AvgIpc) is 2.66. The molecule has 3 atom stereocenters. The molecule has 1 unspecified atom stereocenters. The highest BCUT2D eigenvalue weighted by Crippen LogP contribution is 2.29. The van der Waals surface area contributed by atoms with Gasteiger partial charge in [-0.05, 0) is 57.3 Å².